The van der Waals surface area contributed by atoms with Crippen LogP contribution in [0.1, 0.15) is 75.0 Å². The van der Waals surface area contributed by atoms with Crippen molar-refractivity contribution in [1.82, 2.24) is 10.2 Å². The summed E-state index contributed by atoms with van der Waals surface area (Å²) in [5, 5.41) is 3.82. The fraction of sp³-hybridized carbons (Fsp3) is 0.731. The van der Waals surface area contributed by atoms with Gasteiger partial charge in [-0.05, 0) is 80.0 Å². The Morgan fingerprint density at radius 1 is 1.18 bits per heavy atom. The molecule has 4 atom stereocenters. The van der Waals surface area contributed by atoms with Crippen LogP contribution in [-0.2, 0) is 28.7 Å². The van der Waals surface area contributed by atoms with E-state index in [4.69, 9.17) is 4.74 Å². The van der Waals surface area contributed by atoms with E-state index in [1.54, 1.807) is 6.07 Å². The van der Waals surface area contributed by atoms with Crippen LogP contribution in [-0.4, -0.2) is 42.1 Å². The van der Waals surface area contributed by atoms with Crippen molar-refractivity contribution in [2.24, 2.45) is 11.3 Å². The second kappa shape index (κ2) is 8.88. The summed E-state index contributed by atoms with van der Waals surface area (Å²) >= 11 is 0. The van der Waals surface area contributed by atoms with Crippen LogP contribution < -0.4 is 5.32 Å². The molecule has 0 radical (unpaired) electrons. The van der Waals surface area contributed by atoms with E-state index in [-0.39, 0.29) is 23.3 Å². The summed E-state index contributed by atoms with van der Waals surface area (Å²) in [5.74, 6) is 0.156. The van der Waals surface area contributed by atoms with E-state index in [0.717, 1.165) is 70.1 Å². The zero-order valence-corrected chi connectivity index (χ0v) is 19.4. The molecular weight excluding hydrogens is 429 g/mol. The molecule has 7 heteroatoms. The number of fused-ring (bicyclic) bond motifs is 1. The summed E-state index contributed by atoms with van der Waals surface area (Å²) in [6.07, 6.45) is 4.28. The molecule has 4 aliphatic rings. The second-order valence-corrected chi connectivity index (χ2v) is 10.7. The monoisotopic (exact) mass is 464 g/mol. The van der Waals surface area contributed by atoms with Crippen LogP contribution in [0.5, 0.6) is 0 Å². The van der Waals surface area contributed by atoms with E-state index in [1.165, 1.54) is 12.1 Å². The van der Waals surface area contributed by atoms with E-state index < -0.39 is 11.7 Å². The number of amides is 1. The van der Waals surface area contributed by atoms with Gasteiger partial charge in [0.05, 0.1) is 5.56 Å². The van der Waals surface area contributed by atoms with Crippen LogP contribution in [0.2, 0.25) is 0 Å². The number of ether oxygens (including phenoxy) is 1. The molecule has 1 spiro atoms. The Hall–Kier alpha value is -1.60. The minimum atomic E-state index is -4.36. The highest BCUT2D eigenvalue weighted by Crippen LogP contribution is 2.60. The van der Waals surface area contributed by atoms with Gasteiger partial charge in [0.15, 0.2) is 0 Å². The van der Waals surface area contributed by atoms with Gasteiger partial charge in [-0.1, -0.05) is 19.4 Å². The van der Waals surface area contributed by atoms with E-state index >= 15 is 0 Å². The molecule has 0 aromatic heterocycles. The number of benzene rings is 1. The standard InChI is InChI=1S/C26H35F3N2O2/c1-2-3-22-13-17-4-5-20(26(27,28)29)12-19(17)16-31(22)24(32)18-6-9-25(14-18)15-23(25)30-21-7-10-33-11-8-21/h4-5,12,18,21-23,30H,2-3,6-11,13-16H2,1H3/t18-,22?,23?,25+/m0/s1. The zero-order chi connectivity index (χ0) is 23.2. The number of alkyl halides is 3. The highest BCUT2D eigenvalue weighted by Gasteiger charge is 2.59. The quantitative estimate of drug-likeness (QED) is 0.660. The Labute approximate surface area is 194 Å². The van der Waals surface area contributed by atoms with Crippen molar-refractivity contribution < 1.29 is 22.7 Å². The number of nitrogens with one attached hydrogen (secondary N) is 1. The fourth-order valence-electron chi connectivity index (χ4n) is 6.51. The fourth-order valence-corrected chi connectivity index (χ4v) is 6.51. The van der Waals surface area contributed by atoms with Gasteiger partial charge in [0.2, 0.25) is 5.91 Å². The Morgan fingerprint density at radius 3 is 2.70 bits per heavy atom. The maximum Gasteiger partial charge on any atom is 0.416 e. The Morgan fingerprint density at radius 2 is 1.97 bits per heavy atom. The number of halogens is 3. The maximum atomic E-state index is 13.7. The molecule has 1 aromatic rings. The van der Waals surface area contributed by atoms with Crippen molar-refractivity contribution in [3.63, 3.8) is 0 Å². The molecule has 2 unspecified atom stereocenters. The van der Waals surface area contributed by atoms with Crippen LogP contribution in [0.25, 0.3) is 0 Å². The van der Waals surface area contributed by atoms with Crippen LogP contribution in [0.15, 0.2) is 18.2 Å². The highest BCUT2D eigenvalue weighted by molar-refractivity contribution is 5.80. The predicted octanol–water partition coefficient (Wildman–Crippen LogP) is 5.09. The number of rotatable bonds is 5. The molecule has 4 nitrogen and oxygen atoms in total. The highest BCUT2D eigenvalue weighted by atomic mass is 19.4. The molecule has 5 rings (SSSR count). The molecule has 1 saturated heterocycles. The van der Waals surface area contributed by atoms with Gasteiger partial charge in [0.1, 0.15) is 0 Å². The van der Waals surface area contributed by atoms with E-state index in [2.05, 4.69) is 12.2 Å². The predicted molar refractivity (Wildman–Crippen MR) is 120 cm³/mol. The van der Waals surface area contributed by atoms with Crippen molar-refractivity contribution in [2.75, 3.05) is 13.2 Å². The molecule has 0 bridgehead atoms. The van der Waals surface area contributed by atoms with Crippen LogP contribution in [0.4, 0.5) is 13.2 Å². The van der Waals surface area contributed by atoms with E-state index in [9.17, 15) is 18.0 Å². The molecule has 2 heterocycles. The SMILES string of the molecule is CCCC1Cc2ccc(C(F)(F)F)cc2CN1C(=O)[C@H]1CC[C@]2(CC2NC2CCOCC2)C1. The first-order chi connectivity index (χ1) is 15.8. The molecule has 33 heavy (non-hydrogen) atoms. The topological polar surface area (TPSA) is 41.6 Å². The lowest BCUT2D eigenvalue weighted by Gasteiger charge is -2.39. The van der Waals surface area contributed by atoms with Crippen molar-refractivity contribution in [3.8, 4) is 0 Å². The van der Waals surface area contributed by atoms with Crippen LogP contribution in [0, 0.1) is 11.3 Å². The Bertz CT molecular complexity index is 883. The summed E-state index contributed by atoms with van der Waals surface area (Å²) in [6, 6.07) is 5.15. The van der Waals surface area contributed by atoms with E-state index in [1.807, 2.05) is 4.90 Å². The summed E-state index contributed by atoms with van der Waals surface area (Å²) in [7, 11) is 0. The van der Waals surface area contributed by atoms with Gasteiger partial charge in [-0.15, -0.1) is 0 Å². The molecule has 182 valence electrons. The first-order valence-corrected chi connectivity index (χ1v) is 12.6. The third kappa shape index (κ3) is 4.68. The minimum absolute atomic E-state index is 0.00167. The van der Waals surface area contributed by atoms with Gasteiger partial charge in [-0.25, -0.2) is 0 Å². The largest absolute Gasteiger partial charge is 0.416 e. The Kier molecular flexibility index (Phi) is 6.23. The average molecular weight is 465 g/mol. The van der Waals surface area contributed by atoms with Crippen molar-refractivity contribution >= 4 is 5.91 Å². The van der Waals surface area contributed by atoms with Crippen LogP contribution in [0.3, 0.4) is 0 Å². The molecule has 1 amide bonds. The third-order valence-electron chi connectivity index (χ3n) is 8.52. The molecule has 1 aromatic carbocycles. The lowest BCUT2D eigenvalue weighted by molar-refractivity contribution is -0.139. The van der Waals surface area contributed by atoms with Gasteiger partial charge in [-0.2, -0.15) is 13.2 Å². The Balaban J connectivity index is 1.26. The second-order valence-electron chi connectivity index (χ2n) is 10.7. The lowest BCUT2D eigenvalue weighted by atomic mass is 9.89. The van der Waals surface area contributed by atoms with Crippen molar-refractivity contribution in [3.05, 3.63) is 34.9 Å². The normalized spacial score (nSPS) is 32.2. The molecule has 1 N–H and O–H groups in total. The van der Waals surface area contributed by atoms with Crippen LogP contribution >= 0.6 is 0 Å². The lowest BCUT2D eigenvalue weighted by Crippen LogP contribution is -2.46. The molecular formula is C26H35F3N2O2. The molecule has 3 fully saturated rings. The molecule has 2 saturated carbocycles. The summed E-state index contributed by atoms with van der Waals surface area (Å²) in [5.41, 5.74) is 1.23. The first kappa shape index (κ1) is 23.2. The smallest absolute Gasteiger partial charge is 0.381 e. The maximum absolute atomic E-state index is 13.7. The summed E-state index contributed by atoms with van der Waals surface area (Å²) < 4.78 is 45.2. The molecule has 2 aliphatic heterocycles. The van der Waals surface area contributed by atoms with Gasteiger partial charge >= 0.3 is 6.18 Å². The number of nitrogens with zero attached hydrogens (tertiary/aromatic N) is 1. The van der Waals surface area contributed by atoms with Gasteiger partial charge < -0.3 is 15.0 Å². The summed E-state index contributed by atoms with van der Waals surface area (Å²) in [6.45, 7) is 4.05. The number of carbonyl (C=O) groups excluding carboxylic acids is 1. The average Bonchev–Trinajstić information content (AvgIpc) is 3.26. The van der Waals surface area contributed by atoms with Gasteiger partial charge in [-0.3, -0.25) is 4.79 Å². The number of hydrogen-bond donors (Lipinski definition) is 1. The third-order valence-corrected chi connectivity index (χ3v) is 8.52. The van der Waals surface area contributed by atoms with E-state index in [0.29, 0.717) is 30.6 Å². The molecule has 2 aliphatic carbocycles. The van der Waals surface area contributed by atoms with Gasteiger partial charge in [0.25, 0.3) is 0 Å². The minimum Gasteiger partial charge on any atom is -0.381 e. The van der Waals surface area contributed by atoms with Gasteiger partial charge in [0, 0.05) is 43.8 Å². The summed E-state index contributed by atoms with van der Waals surface area (Å²) in [4.78, 5) is 15.6. The van der Waals surface area contributed by atoms with Crippen molar-refractivity contribution in [2.45, 2.75) is 95.6 Å². The number of hydrogen-bond acceptors (Lipinski definition) is 3. The zero-order valence-electron chi connectivity index (χ0n) is 19.4. The first-order valence-electron chi connectivity index (χ1n) is 12.6. The van der Waals surface area contributed by atoms with Crippen molar-refractivity contribution in [1.29, 1.82) is 0 Å². The number of carbonyl (C=O) groups is 1.